The molecule has 23 heavy (non-hydrogen) atoms. The van der Waals surface area contributed by atoms with Crippen LogP contribution in [0, 0.1) is 0 Å². The Kier molecular flexibility index (Phi) is 6.50. The van der Waals surface area contributed by atoms with Crippen LogP contribution in [0.1, 0.15) is 56.8 Å². The van der Waals surface area contributed by atoms with Crippen molar-refractivity contribution in [2.45, 2.75) is 52.0 Å². The predicted molar refractivity (Wildman–Crippen MR) is 84.6 cm³/mol. The Labute approximate surface area is 136 Å². The zero-order chi connectivity index (χ0) is 16.8. The molecule has 0 saturated heterocycles. The maximum Gasteiger partial charge on any atom is 0.280 e. The van der Waals surface area contributed by atoms with Crippen LogP contribution in [0.15, 0.2) is 6.07 Å². The fourth-order valence-corrected chi connectivity index (χ4v) is 2.60. The highest BCUT2D eigenvalue weighted by atomic mass is 19.3. The lowest BCUT2D eigenvalue weighted by Gasteiger charge is -2.17. The quantitative estimate of drug-likeness (QED) is 0.672. The third-order valence-electron chi connectivity index (χ3n) is 4.21. The summed E-state index contributed by atoms with van der Waals surface area (Å²) in [5.74, 6) is 0.0303. The molecule has 0 aliphatic heterocycles. The molecule has 1 aromatic heterocycles. The fraction of sp³-hybridized carbons (Fsp3) is 0.750. The average Bonchev–Trinajstić information content (AvgIpc) is 3.28. The lowest BCUT2D eigenvalue weighted by Crippen LogP contribution is -2.32. The molecule has 1 N–H and O–H groups in total. The standard InChI is InChI=1S/C16H26F2N4O/c1-3-21(4-2)9-5-8-19-15(23)11-22-14(16(17)18)10-13(20-22)12-6-7-12/h10,12,16H,3-9,11H2,1-2H3,(H,19,23). The van der Waals surface area contributed by atoms with Crippen LogP contribution in [-0.2, 0) is 11.3 Å². The zero-order valence-corrected chi connectivity index (χ0v) is 13.9. The van der Waals surface area contributed by atoms with Gasteiger partial charge in [0.2, 0.25) is 5.91 Å². The van der Waals surface area contributed by atoms with Gasteiger partial charge in [-0.3, -0.25) is 9.48 Å². The van der Waals surface area contributed by atoms with Crippen molar-refractivity contribution in [2.75, 3.05) is 26.2 Å². The molecule has 1 aliphatic carbocycles. The first-order valence-corrected chi connectivity index (χ1v) is 8.40. The lowest BCUT2D eigenvalue weighted by molar-refractivity contribution is -0.121. The molecule has 1 amide bonds. The summed E-state index contributed by atoms with van der Waals surface area (Å²) < 4.78 is 27.3. The number of nitrogens with one attached hydrogen (secondary N) is 1. The van der Waals surface area contributed by atoms with Gasteiger partial charge in [-0.2, -0.15) is 5.10 Å². The van der Waals surface area contributed by atoms with Crippen LogP contribution in [0.5, 0.6) is 0 Å². The monoisotopic (exact) mass is 328 g/mol. The molecule has 0 bridgehead atoms. The van der Waals surface area contributed by atoms with Gasteiger partial charge in [0.15, 0.2) is 0 Å². The third kappa shape index (κ3) is 5.27. The normalized spacial score (nSPS) is 14.7. The lowest BCUT2D eigenvalue weighted by atomic mass is 10.3. The third-order valence-corrected chi connectivity index (χ3v) is 4.21. The van der Waals surface area contributed by atoms with Gasteiger partial charge in [0.25, 0.3) is 6.43 Å². The number of rotatable bonds is 10. The van der Waals surface area contributed by atoms with Crippen molar-refractivity contribution < 1.29 is 13.6 Å². The smallest absolute Gasteiger partial charge is 0.280 e. The van der Waals surface area contributed by atoms with Crippen molar-refractivity contribution in [2.24, 2.45) is 0 Å². The summed E-state index contributed by atoms with van der Waals surface area (Å²) >= 11 is 0. The second-order valence-electron chi connectivity index (χ2n) is 5.96. The molecule has 1 saturated carbocycles. The molecule has 7 heteroatoms. The molecule has 0 spiro atoms. The minimum Gasteiger partial charge on any atom is -0.354 e. The molecule has 1 aromatic rings. The van der Waals surface area contributed by atoms with Crippen LogP contribution < -0.4 is 5.32 Å². The van der Waals surface area contributed by atoms with E-state index in [1.54, 1.807) is 0 Å². The first-order chi connectivity index (χ1) is 11.0. The van der Waals surface area contributed by atoms with Crippen molar-refractivity contribution in [1.82, 2.24) is 20.0 Å². The van der Waals surface area contributed by atoms with Crippen LogP contribution >= 0.6 is 0 Å². The molecule has 130 valence electrons. The van der Waals surface area contributed by atoms with Gasteiger partial charge in [0.05, 0.1) is 5.69 Å². The van der Waals surface area contributed by atoms with Crippen molar-refractivity contribution >= 4 is 5.91 Å². The summed E-state index contributed by atoms with van der Waals surface area (Å²) in [4.78, 5) is 14.2. The molecule has 1 fully saturated rings. The van der Waals surface area contributed by atoms with Crippen LogP contribution in [0.25, 0.3) is 0 Å². The number of carbonyl (C=O) groups excluding carboxylic acids is 1. The summed E-state index contributed by atoms with van der Waals surface area (Å²) in [7, 11) is 0. The number of alkyl halides is 2. The summed E-state index contributed by atoms with van der Waals surface area (Å²) in [6, 6.07) is 1.44. The Morgan fingerprint density at radius 2 is 2.13 bits per heavy atom. The van der Waals surface area contributed by atoms with Gasteiger partial charge in [-0.1, -0.05) is 13.8 Å². The highest BCUT2D eigenvalue weighted by molar-refractivity contribution is 5.75. The van der Waals surface area contributed by atoms with E-state index in [4.69, 9.17) is 0 Å². The van der Waals surface area contributed by atoms with Gasteiger partial charge in [0.1, 0.15) is 12.2 Å². The number of carbonyl (C=O) groups is 1. The van der Waals surface area contributed by atoms with Crippen LogP contribution in [-0.4, -0.2) is 46.8 Å². The summed E-state index contributed by atoms with van der Waals surface area (Å²) in [6.45, 7) is 7.50. The maximum atomic E-state index is 13.1. The minimum atomic E-state index is -2.61. The van der Waals surface area contributed by atoms with Gasteiger partial charge in [0, 0.05) is 12.5 Å². The van der Waals surface area contributed by atoms with Gasteiger partial charge < -0.3 is 10.2 Å². The van der Waals surface area contributed by atoms with Gasteiger partial charge >= 0.3 is 0 Å². The molecule has 0 unspecified atom stereocenters. The van der Waals surface area contributed by atoms with Crippen molar-refractivity contribution in [3.63, 3.8) is 0 Å². The fourth-order valence-electron chi connectivity index (χ4n) is 2.60. The molecule has 1 heterocycles. The van der Waals surface area contributed by atoms with Gasteiger partial charge in [-0.15, -0.1) is 0 Å². The average molecular weight is 328 g/mol. The molecular weight excluding hydrogens is 302 g/mol. The van der Waals surface area contributed by atoms with Gasteiger partial charge in [-0.25, -0.2) is 8.78 Å². The number of aromatic nitrogens is 2. The van der Waals surface area contributed by atoms with E-state index in [0.717, 1.165) is 43.6 Å². The second kappa shape index (κ2) is 8.38. The first-order valence-electron chi connectivity index (χ1n) is 8.40. The molecule has 2 rings (SSSR count). The minimum absolute atomic E-state index is 0.141. The second-order valence-corrected chi connectivity index (χ2v) is 5.96. The van der Waals surface area contributed by atoms with E-state index in [9.17, 15) is 13.6 Å². The van der Waals surface area contributed by atoms with Crippen LogP contribution in [0.3, 0.4) is 0 Å². The molecular formula is C16H26F2N4O. The first kappa shape index (κ1) is 17.8. The van der Waals surface area contributed by atoms with E-state index < -0.39 is 6.43 Å². The Morgan fingerprint density at radius 3 is 2.70 bits per heavy atom. The zero-order valence-electron chi connectivity index (χ0n) is 13.9. The summed E-state index contributed by atoms with van der Waals surface area (Å²) in [6.07, 6.45) is 0.237. The molecule has 0 atom stereocenters. The Hall–Kier alpha value is -1.50. The molecule has 0 aromatic carbocycles. The molecule has 5 nitrogen and oxygen atoms in total. The van der Waals surface area contributed by atoms with Crippen molar-refractivity contribution in [3.05, 3.63) is 17.5 Å². The Morgan fingerprint density at radius 1 is 1.43 bits per heavy atom. The van der Waals surface area contributed by atoms with Gasteiger partial charge in [-0.05, 0) is 45.0 Å². The van der Waals surface area contributed by atoms with E-state index in [1.165, 1.54) is 6.07 Å². The largest absolute Gasteiger partial charge is 0.354 e. The topological polar surface area (TPSA) is 50.2 Å². The maximum absolute atomic E-state index is 13.1. The Bertz CT molecular complexity index is 510. The van der Waals surface area contributed by atoms with E-state index in [1.807, 2.05) is 0 Å². The predicted octanol–water partition coefficient (Wildman–Crippen LogP) is 2.55. The highest BCUT2D eigenvalue weighted by Crippen LogP contribution is 2.40. The number of halogens is 2. The van der Waals surface area contributed by atoms with E-state index >= 15 is 0 Å². The van der Waals surface area contributed by atoms with E-state index in [-0.39, 0.29) is 18.1 Å². The van der Waals surface area contributed by atoms with Crippen LogP contribution in [0.4, 0.5) is 8.78 Å². The number of nitrogens with zero attached hydrogens (tertiary/aromatic N) is 3. The van der Waals surface area contributed by atoms with Crippen molar-refractivity contribution in [3.8, 4) is 0 Å². The number of amides is 1. The van der Waals surface area contributed by atoms with E-state index in [0.29, 0.717) is 18.2 Å². The summed E-state index contributed by atoms with van der Waals surface area (Å²) in [5.41, 5.74) is 0.528. The Balaban J connectivity index is 1.80. The number of hydrogen-bond donors (Lipinski definition) is 1. The van der Waals surface area contributed by atoms with Crippen LogP contribution in [0.2, 0.25) is 0 Å². The number of hydrogen-bond acceptors (Lipinski definition) is 3. The molecule has 1 aliphatic rings. The van der Waals surface area contributed by atoms with E-state index in [2.05, 4.69) is 29.2 Å². The summed E-state index contributed by atoms with van der Waals surface area (Å²) in [5, 5.41) is 6.97. The van der Waals surface area contributed by atoms with Crippen molar-refractivity contribution in [1.29, 1.82) is 0 Å². The SMILES string of the molecule is CCN(CC)CCCNC(=O)Cn1nc(C2CC2)cc1C(F)F. The highest BCUT2D eigenvalue weighted by Gasteiger charge is 2.29. The molecule has 0 radical (unpaired) electrons.